The Bertz CT molecular complexity index is 1870. The fourth-order valence-corrected chi connectivity index (χ4v) is 6.83. The lowest BCUT2D eigenvalue weighted by Gasteiger charge is -2.36. The van der Waals surface area contributed by atoms with E-state index in [1.807, 2.05) is 41.1 Å². The summed E-state index contributed by atoms with van der Waals surface area (Å²) in [5.41, 5.74) is 1.61. The van der Waals surface area contributed by atoms with Crippen LogP contribution in [0.4, 0.5) is 17.6 Å². The molecule has 0 fully saturated rings. The molecule has 3 aliphatic rings. The minimum absolute atomic E-state index is 0.000906. The van der Waals surface area contributed by atoms with Crippen LogP contribution in [-0.2, 0) is 24.6 Å². The molecule has 1 aromatic carbocycles. The number of ether oxygens (including phenoxy) is 2. The molecular formula is C34H41F4N7O3Si. The highest BCUT2D eigenvalue weighted by Crippen LogP contribution is 2.50. The van der Waals surface area contributed by atoms with Crippen LogP contribution in [0.3, 0.4) is 0 Å². The maximum Gasteiger partial charge on any atom is 0.388 e. The van der Waals surface area contributed by atoms with E-state index in [1.54, 1.807) is 19.2 Å². The molecule has 15 heteroatoms. The molecule has 0 aliphatic carbocycles. The Morgan fingerprint density at radius 1 is 1.02 bits per heavy atom. The van der Waals surface area contributed by atoms with Crippen molar-refractivity contribution in [1.82, 2.24) is 34.4 Å². The zero-order valence-electron chi connectivity index (χ0n) is 28.4. The quantitative estimate of drug-likeness (QED) is 0.0836. The number of nitrogens with one attached hydrogen (secondary N) is 1. The summed E-state index contributed by atoms with van der Waals surface area (Å²) < 4.78 is 78.7. The summed E-state index contributed by atoms with van der Waals surface area (Å²) in [6.45, 7) is 9.71. The molecule has 0 bridgehead atoms. The topological polar surface area (TPSA) is 93.2 Å². The molecule has 2 aromatic heterocycles. The highest BCUT2D eigenvalue weighted by atomic mass is 28.4. The molecule has 0 saturated carbocycles. The minimum Gasteiger partial charge on any atom is -0.476 e. The second kappa shape index (κ2) is 13.6. The molecule has 0 spiro atoms. The van der Waals surface area contributed by atoms with Crippen LogP contribution in [0.15, 0.2) is 54.9 Å². The Balaban J connectivity index is 1.40. The summed E-state index contributed by atoms with van der Waals surface area (Å²) in [6, 6.07) is 13.0. The van der Waals surface area contributed by atoms with E-state index >= 15 is 0 Å². The predicted molar refractivity (Wildman–Crippen MR) is 180 cm³/mol. The van der Waals surface area contributed by atoms with Crippen LogP contribution in [0, 0.1) is 0 Å². The SMILES string of the molecule is Cn1cc(-c2c3cccn(Cc4ccccc4)c-3nc2-c2c(C(F)F)nn3c2OCC(NCCO[Si](C)(C)C(C)(C)C)C3)c(OC(F)F)n1. The Morgan fingerprint density at radius 2 is 1.78 bits per heavy atom. The van der Waals surface area contributed by atoms with Crippen molar-refractivity contribution in [1.29, 1.82) is 0 Å². The van der Waals surface area contributed by atoms with E-state index in [0.717, 1.165) is 5.56 Å². The summed E-state index contributed by atoms with van der Waals surface area (Å²) in [6.07, 6.45) is 0.367. The molecule has 3 aliphatic heterocycles. The Hall–Kier alpha value is -4.21. The fourth-order valence-electron chi connectivity index (χ4n) is 5.78. The van der Waals surface area contributed by atoms with Crippen molar-refractivity contribution >= 4 is 8.32 Å². The van der Waals surface area contributed by atoms with Crippen LogP contribution >= 0.6 is 0 Å². The normalized spacial score (nSPS) is 15.3. The van der Waals surface area contributed by atoms with Gasteiger partial charge in [0.05, 0.1) is 29.4 Å². The van der Waals surface area contributed by atoms with E-state index in [-0.39, 0.29) is 52.8 Å². The zero-order valence-corrected chi connectivity index (χ0v) is 29.4. The van der Waals surface area contributed by atoms with Gasteiger partial charge < -0.3 is 23.8 Å². The van der Waals surface area contributed by atoms with Gasteiger partial charge in [-0.25, -0.2) is 18.4 Å². The third kappa shape index (κ3) is 7.10. The molecule has 1 N–H and O–H groups in total. The van der Waals surface area contributed by atoms with Gasteiger partial charge in [0, 0.05) is 50.3 Å². The number of nitrogens with zero attached hydrogens (tertiary/aromatic N) is 6. The number of alkyl halides is 4. The van der Waals surface area contributed by atoms with Crippen molar-refractivity contribution in [2.75, 3.05) is 19.8 Å². The molecule has 3 aromatic rings. The first-order valence-corrected chi connectivity index (χ1v) is 19.0. The predicted octanol–water partition coefficient (Wildman–Crippen LogP) is 7.21. The number of rotatable bonds is 12. The number of pyridine rings is 1. The molecular weight excluding hydrogens is 658 g/mol. The molecule has 6 rings (SSSR count). The van der Waals surface area contributed by atoms with Gasteiger partial charge in [0.25, 0.3) is 6.43 Å². The molecule has 0 radical (unpaired) electrons. The lowest BCUT2D eigenvalue weighted by Crippen LogP contribution is -2.46. The van der Waals surface area contributed by atoms with Crippen molar-refractivity contribution in [2.45, 2.75) is 71.1 Å². The van der Waals surface area contributed by atoms with Crippen molar-refractivity contribution in [3.8, 4) is 45.5 Å². The molecule has 262 valence electrons. The van der Waals surface area contributed by atoms with E-state index in [0.29, 0.717) is 36.6 Å². The van der Waals surface area contributed by atoms with Gasteiger partial charge in [-0.2, -0.15) is 13.9 Å². The summed E-state index contributed by atoms with van der Waals surface area (Å²) in [4.78, 5) is 4.92. The number of hydrogen-bond donors (Lipinski definition) is 1. The number of aromatic nitrogens is 6. The van der Waals surface area contributed by atoms with E-state index in [9.17, 15) is 17.6 Å². The van der Waals surface area contributed by atoms with E-state index in [4.69, 9.17) is 18.9 Å². The summed E-state index contributed by atoms with van der Waals surface area (Å²) in [5, 5.41) is 11.9. The van der Waals surface area contributed by atoms with Crippen molar-refractivity contribution in [3.05, 3.63) is 66.1 Å². The second-order valence-corrected chi connectivity index (χ2v) is 18.5. The van der Waals surface area contributed by atoms with Crippen LogP contribution in [-0.4, -0.2) is 69.8 Å². The lowest BCUT2D eigenvalue weighted by molar-refractivity contribution is -0.0527. The molecule has 0 amide bonds. The minimum atomic E-state index is -3.16. The maximum atomic E-state index is 14.8. The van der Waals surface area contributed by atoms with Crippen LogP contribution in [0.1, 0.15) is 38.5 Å². The number of benzene rings is 1. The van der Waals surface area contributed by atoms with Crippen molar-refractivity contribution in [2.24, 2.45) is 7.05 Å². The largest absolute Gasteiger partial charge is 0.476 e. The number of fused-ring (bicyclic) bond motifs is 2. The van der Waals surface area contributed by atoms with E-state index in [2.05, 4.69) is 49.4 Å². The second-order valence-electron chi connectivity index (χ2n) is 13.7. The highest BCUT2D eigenvalue weighted by molar-refractivity contribution is 6.74. The third-order valence-electron chi connectivity index (χ3n) is 9.22. The van der Waals surface area contributed by atoms with Gasteiger partial charge in [-0.05, 0) is 35.8 Å². The van der Waals surface area contributed by atoms with Crippen LogP contribution in [0.2, 0.25) is 18.1 Å². The van der Waals surface area contributed by atoms with Gasteiger partial charge in [0.2, 0.25) is 11.8 Å². The monoisotopic (exact) mass is 699 g/mol. The number of aryl methyl sites for hydroxylation is 1. The molecule has 10 nitrogen and oxygen atoms in total. The lowest BCUT2D eigenvalue weighted by atomic mass is 9.98. The van der Waals surface area contributed by atoms with Gasteiger partial charge in [0.1, 0.15) is 18.1 Å². The van der Waals surface area contributed by atoms with E-state index in [1.165, 1.54) is 15.6 Å². The van der Waals surface area contributed by atoms with E-state index < -0.39 is 27.0 Å². The zero-order chi connectivity index (χ0) is 35.1. The van der Waals surface area contributed by atoms with Gasteiger partial charge in [-0.15, -0.1) is 5.10 Å². The summed E-state index contributed by atoms with van der Waals surface area (Å²) >= 11 is 0. The van der Waals surface area contributed by atoms with Crippen LogP contribution in [0.25, 0.3) is 33.8 Å². The molecule has 5 heterocycles. The molecule has 49 heavy (non-hydrogen) atoms. The van der Waals surface area contributed by atoms with Crippen LogP contribution < -0.4 is 14.8 Å². The first kappa shape index (κ1) is 34.6. The van der Waals surface area contributed by atoms with Crippen LogP contribution in [0.5, 0.6) is 11.8 Å². The molecule has 0 saturated heterocycles. The van der Waals surface area contributed by atoms with Crippen molar-refractivity contribution < 1.29 is 31.5 Å². The first-order chi connectivity index (χ1) is 23.2. The number of hydrogen-bond acceptors (Lipinski definition) is 7. The van der Waals surface area contributed by atoms with Crippen molar-refractivity contribution in [3.63, 3.8) is 0 Å². The first-order valence-electron chi connectivity index (χ1n) is 16.1. The Labute approximate surface area is 283 Å². The smallest absolute Gasteiger partial charge is 0.388 e. The standard InChI is InChI=1S/C34H41F4N7O3Si/c1-34(2,3)49(5,6)47-16-14-39-22-18-45-32(46-20-22)26(28(41-45)29(35)36)27-25(24-19-43(4)42-31(24)48-33(37)38)23-13-10-15-44(30(23)40-27)17-21-11-8-7-9-12-21/h7-13,15,19,22,29,33,39H,14,16-18,20H2,1-6H3. The summed E-state index contributed by atoms with van der Waals surface area (Å²) in [7, 11) is -0.362. The van der Waals surface area contributed by atoms with Gasteiger partial charge in [-0.1, -0.05) is 51.1 Å². The average molecular weight is 700 g/mol. The fraction of sp³-hybridized carbons (Fsp3) is 0.441. The number of halogens is 4. The average Bonchev–Trinajstić information content (AvgIpc) is 3.71. The molecule has 1 unspecified atom stereocenters. The maximum absolute atomic E-state index is 14.8. The van der Waals surface area contributed by atoms with Gasteiger partial charge in [0.15, 0.2) is 8.32 Å². The Morgan fingerprint density at radius 3 is 2.47 bits per heavy atom. The highest BCUT2D eigenvalue weighted by Gasteiger charge is 2.38. The van der Waals surface area contributed by atoms with Gasteiger partial charge >= 0.3 is 6.61 Å². The molecule has 1 atom stereocenters. The summed E-state index contributed by atoms with van der Waals surface area (Å²) in [5.74, 6) is 0.237. The Kier molecular flexibility index (Phi) is 9.61. The third-order valence-corrected chi connectivity index (χ3v) is 13.8. The van der Waals surface area contributed by atoms with Gasteiger partial charge in [-0.3, -0.25) is 4.68 Å².